The number of hydrogen-bond donors (Lipinski definition) is 1. The second kappa shape index (κ2) is 9.85. The van der Waals surface area contributed by atoms with Crippen LogP contribution in [0.25, 0.3) is 0 Å². The van der Waals surface area contributed by atoms with E-state index in [4.69, 9.17) is 16.3 Å². The molecule has 1 aromatic carbocycles. The van der Waals surface area contributed by atoms with Crippen molar-refractivity contribution in [1.29, 1.82) is 0 Å². The van der Waals surface area contributed by atoms with Crippen molar-refractivity contribution in [2.45, 2.75) is 19.1 Å². The SMILES string of the molecule is CCOC(=O)c1cccnc1N1CC(N2CCN(C(=O)c3ccc(Cl)cc3)CC2)[C@@H](O)C1. The first kappa shape index (κ1) is 22.5. The van der Waals surface area contributed by atoms with Crippen LogP contribution < -0.4 is 4.90 Å². The maximum Gasteiger partial charge on any atom is 0.341 e. The Kier molecular flexibility index (Phi) is 6.93. The van der Waals surface area contributed by atoms with Crippen LogP contribution in [0, 0.1) is 0 Å². The fraction of sp³-hybridized carbons (Fsp3) is 0.435. The molecule has 8 nitrogen and oxygen atoms in total. The van der Waals surface area contributed by atoms with Gasteiger partial charge >= 0.3 is 5.97 Å². The van der Waals surface area contributed by atoms with Gasteiger partial charge in [-0.3, -0.25) is 9.69 Å². The van der Waals surface area contributed by atoms with Crippen molar-refractivity contribution in [3.63, 3.8) is 0 Å². The molecule has 2 aliphatic heterocycles. The van der Waals surface area contributed by atoms with Gasteiger partial charge in [0.1, 0.15) is 11.4 Å². The fourth-order valence-corrected chi connectivity index (χ4v) is 4.48. The second-order valence-electron chi connectivity index (χ2n) is 7.97. The highest BCUT2D eigenvalue weighted by Gasteiger charge is 2.39. The molecule has 0 radical (unpaired) electrons. The van der Waals surface area contributed by atoms with Crippen LogP contribution in [0.2, 0.25) is 5.02 Å². The molecule has 0 spiro atoms. The lowest BCUT2D eigenvalue weighted by molar-refractivity contribution is 0.0376. The lowest BCUT2D eigenvalue weighted by Crippen LogP contribution is -2.54. The number of aliphatic hydroxyl groups excluding tert-OH is 1. The lowest BCUT2D eigenvalue weighted by atomic mass is 10.1. The Morgan fingerprint density at radius 3 is 2.53 bits per heavy atom. The van der Waals surface area contributed by atoms with Crippen LogP contribution in [0.3, 0.4) is 0 Å². The number of aromatic nitrogens is 1. The number of carbonyl (C=O) groups excluding carboxylic acids is 2. The zero-order chi connectivity index (χ0) is 22.7. The summed E-state index contributed by atoms with van der Waals surface area (Å²) in [4.78, 5) is 35.4. The van der Waals surface area contributed by atoms with E-state index in [2.05, 4.69) is 9.88 Å². The normalized spacial score (nSPS) is 21.6. The Labute approximate surface area is 192 Å². The summed E-state index contributed by atoms with van der Waals surface area (Å²) >= 11 is 5.92. The molecule has 170 valence electrons. The Morgan fingerprint density at radius 2 is 1.84 bits per heavy atom. The first-order valence-electron chi connectivity index (χ1n) is 10.8. The monoisotopic (exact) mass is 458 g/mol. The quantitative estimate of drug-likeness (QED) is 0.685. The molecular formula is C23H27ClN4O4. The molecule has 2 aromatic rings. The zero-order valence-corrected chi connectivity index (χ0v) is 18.7. The first-order chi connectivity index (χ1) is 15.5. The molecule has 4 rings (SSSR count). The number of anilines is 1. The van der Waals surface area contributed by atoms with Gasteiger partial charge in [0.2, 0.25) is 0 Å². The number of halogens is 1. The average Bonchev–Trinajstić information content (AvgIpc) is 3.21. The number of rotatable bonds is 5. The number of pyridine rings is 1. The third-order valence-corrected chi connectivity index (χ3v) is 6.25. The fourth-order valence-electron chi connectivity index (χ4n) is 4.35. The molecule has 2 saturated heterocycles. The second-order valence-corrected chi connectivity index (χ2v) is 8.41. The highest BCUT2D eigenvalue weighted by molar-refractivity contribution is 6.30. The molecule has 1 amide bonds. The van der Waals surface area contributed by atoms with Gasteiger partial charge in [0.15, 0.2) is 0 Å². The molecular weight excluding hydrogens is 432 g/mol. The third-order valence-electron chi connectivity index (χ3n) is 6.00. The summed E-state index contributed by atoms with van der Waals surface area (Å²) in [5, 5.41) is 11.4. The van der Waals surface area contributed by atoms with Crippen LogP contribution in [-0.4, -0.2) is 89.8 Å². The Morgan fingerprint density at radius 1 is 1.12 bits per heavy atom. The number of hydrogen-bond acceptors (Lipinski definition) is 7. The Bertz CT molecular complexity index is 963. The molecule has 1 unspecified atom stereocenters. The summed E-state index contributed by atoms with van der Waals surface area (Å²) in [5.41, 5.74) is 1.03. The van der Waals surface area contributed by atoms with E-state index < -0.39 is 12.1 Å². The molecule has 2 atom stereocenters. The van der Waals surface area contributed by atoms with Gasteiger partial charge < -0.3 is 19.6 Å². The van der Waals surface area contributed by atoms with Crippen molar-refractivity contribution in [1.82, 2.24) is 14.8 Å². The predicted molar refractivity (Wildman–Crippen MR) is 121 cm³/mol. The van der Waals surface area contributed by atoms with Gasteiger partial charge in [0, 0.05) is 56.1 Å². The van der Waals surface area contributed by atoms with Crippen molar-refractivity contribution in [3.05, 3.63) is 58.7 Å². The molecule has 1 aromatic heterocycles. The summed E-state index contributed by atoms with van der Waals surface area (Å²) in [6.07, 6.45) is 1.06. The van der Waals surface area contributed by atoms with Gasteiger partial charge in [-0.25, -0.2) is 9.78 Å². The Hall–Kier alpha value is -2.68. The number of ether oxygens (including phenoxy) is 1. The van der Waals surface area contributed by atoms with E-state index in [0.717, 1.165) is 0 Å². The highest BCUT2D eigenvalue weighted by atomic mass is 35.5. The number of aliphatic hydroxyl groups is 1. The lowest BCUT2D eigenvalue weighted by Gasteiger charge is -2.38. The van der Waals surface area contributed by atoms with Crippen LogP contribution in [0.4, 0.5) is 5.82 Å². The molecule has 32 heavy (non-hydrogen) atoms. The average molecular weight is 459 g/mol. The number of carbonyl (C=O) groups is 2. The summed E-state index contributed by atoms with van der Waals surface area (Å²) in [6.45, 7) is 5.50. The molecule has 0 bridgehead atoms. The van der Waals surface area contributed by atoms with Crippen molar-refractivity contribution in [2.24, 2.45) is 0 Å². The van der Waals surface area contributed by atoms with Crippen LogP contribution in [0.15, 0.2) is 42.6 Å². The van der Waals surface area contributed by atoms with Crippen molar-refractivity contribution >= 4 is 29.3 Å². The van der Waals surface area contributed by atoms with E-state index in [0.29, 0.717) is 61.2 Å². The standard InChI is InChI=1S/C23H27ClN4O4/c1-2-32-23(31)18-4-3-9-25-21(18)28-14-19(20(29)15-28)26-10-12-27(13-11-26)22(30)16-5-7-17(24)8-6-16/h3-9,19-20,29H,2,10-15H2,1H3/t19?,20-/m0/s1. The molecule has 2 aliphatic rings. The Balaban J connectivity index is 1.39. The predicted octanol–water partition coefficient (Wildman–Crippen LogP) is 1.92. The summed E-state index contributed by atoms with van der Waals surface area (Å²) in [5.74, 6) is 0.106. The van der Waals surface area contributed by atoms with Crippen LogP contribution in [0.1, 0.15) is 27.6 Å². The topological polar surface area (TPSA) is 86.2 Å². The van der Waals surface area contributed by atoms with E-state index in [9.17, 15) is 14.7 Å². The first-order valence-corrected chi connectivity index (χ1v) is 11.2. The van der Waals surface area contributed by atoms with Gasteiger partial charge in [-0.1, -0.05) is 11.6 Å². The minimum atomic E-state index is -0.578. The third kappa shape index (κ3) is 4.72. The van der Waals surface area contributed by atoms with E-state index in [-0.39, 0.29) is 18.6 Å². The minimum Gasteiger partial charge on any atom is -0.462 e. The number of nitrogens with zero attached hydrogens (tertiary/aromatic N) is 4. The molecule has 3 heterocycles. The smallest absolute Gasteiger partial charge is 0.341 e. The number of piperazine rings is 1. The van der Waals surface area contributed by atoms with Crippen molar-refractivity contribution in [3.8, 4) is 0 Å². The number of amides is 1. The largest absolute Gasteiger partial charge is 0.462 e. The van der Waals surface area contributed by atoms with E-state index >= 15 is 0 Å². The summed E-state index contributed by atoms with van der Waals surface area (Å²) < 4.78 is 5.15. The van der Waals surface area contributed by atoms with Gasteiger partial charge in [0.25, 0.3) is 5.91 Å². The van der Waals surface area contributed by atoms with Gasteiger partial charge in [-0.2, -0.15) is 0 Å². The van der Waals surface area contributed by atoms with E-state index in [1.807, 2.05) is 9.80 Å². The molecule has 9 heteroatoms. The molecule has 2 fully saturated rings. The number of esters is 1. The summed E-state index contributed by atoms with van der Waals surface area (Å²) in [7, 11) is 0. The highest BCUT2D eigenvalue weighted by Crippen LogP contribution is 2.26. The molecule has 0 aliphatic carbocycles. The van der Waals surface area contributed by atoms with Gasteiger partial charge in [-0.15, -0.1) is 0 Å². The van der Waals surface area contributed by atoms with Crippen molar-refractivity contribution < 1.29 is 19.4 Å². The van der Waals surface area contributed by atoms with Crippen LogP contribution in [0.5, 0.6) is 0 Å². The van der Waals surface area contributed by atoms with E-state index in [1.165, 1.54) is 0 Å². The van der Waals surface area contributed by atoms with E-state index in [1.54, 1.807) is 49.5 Å². The van der Waals surface area contributed by atoms with Gasteiger partial charge in [0.05, 0.1) is 18.8 Å². The zero-order valence-electron chi connectivity index (χ0n) is 18.0. The van der Waals surface area contributed by atoms with Crippen LogP contribution in [-0.2, 0) is 4.74 Å². The number of benzene rings is 1. The maximum atomic E-state index is 12.7. The van der Waals surface area contributed by atoms with Crippen LogP contribution >= 0.6 is 11.6 Å². The van der Waals surface area contributed by atoms with Crippen molar-refractivity contribution in [2.75, 3.05) is 50.8 Å². The summed E-state index contributed by atoms with van der Waals surface area (Å²) in [6, 6.07) is 10.2. The van der Waals surface area contributed by atoms with Gasteiger partial charge in [-0.05, 0) is 43.3 Å². The number of β-amino-alcohol motifs (C(OH)–C–C–N with tert-alkyl or cyclic N) is 1. The molecule has 0 saturated carbocycles. The maximum absolute atomic E-state index is 12.7. The minimum absolute atomic E-state index is 0.0116. The molecule has 1 N–H and O–H groups in total.